The van der Waals surface area contributed by atoms with Crippen LogP contribution in [-0.2, 0) is 6.18 Å². The van der Waals surface area contributed by atoms with E-state index < -0.39 is 30.0 Å². The summed E-state index contributed by atoms with van der Waals surface area (Å²) in [6, 6.07) is 9.41. The van der Waals surface area contributed by atoms with Crippen LogP contribution in [-0.4, -0.2) is 55.7 Å². The van der Waals surface area contributed by atoms with E-state index in [4.69, 9.17) is 11.5 Å². The van der Waals surface area contributed by atoms with Crippen LogP contribution in [0.2, 0.25) is 0 Å². The molecule has 1 atom stereocenters. The molecule has 5 rings (SSSR count). The van der Waals surface area contributed by atoms with Crippen molar-refractivity contribution < 1.29 is 22.8 Å². The lowest BCUT2D eigenvalue weighted by Crippen LogP contribution is -2.50. The number of nitrogens with zero attached hydrogens (tertiary/aromatic N) is 6. The number of urea groups is 1. The summed E-state index contributed by atoms with van der Waals surface area (Å²) in [4.78, 5) is 36.9. The van der Waals surface area contributed by atoms with Gasteiger partial charge in [0.1, 0.15) is 23.4 Å². The summed E-state index contributed by atoms with van der Waals surface area (Å²) in [5.74, 6) is -0.753. The molecule has 4 aromatic rings. The van der Waals surface area contributed by atoms with Crippen molar-refractivity contribution in [3.63, 3.8) is 0 Å². The van der Waals surface area contributed by atoms with E-state index in [9.17, 15) is 22.8 Å². The second-order valence-electron chi connectivity index (χ2n) is 9.35. The van der Waals surface area contributed by atoms with Gasteiger partial charge < -0.3 is 11.5 Å². The number of nitrogens with one attached hydrogen (secondary N) is 1. The molecule has 40 heavy (non-hydrogen) atoms. The molecule has 5 N–H and O–H groups in total. The number of hydrogen-bond donors (Lipinski definition) is 3. The van der Waals surface area contributed by atoms with E-state index in [1.807, 2.05) is 6.92 Å². The highest BCUT2D eigenvalue weighted by atomic mass is 19.4. The molecular weight excluding hydrogens is 527 g/mol. The molecule has 0 saturated carbocycles. The van der Waals surface area contributed by atoms with Gasteiger partial charge >= 0.3 is 12.2 Å². The molecule has 3 aromatic heterocycles. The topological polar surface area (TPSA) is 148 Å². The average Bonchev–Trinajstić information content (AvgIpc) is 3.58. The minimum Gasteiger partial charge on any atom is -0.382 e. The maximum Gasteiger partial charge on any atom is 0.433 e. The number of amides is 3. The fraction of sp³-hybridized carbons (Fsp3) is 0.269. The highest BCUT2D eigenvalue weighted by Gasteiger charge is 2.33. The zero-order chi connectivity index (χ0) is 28.6. The first kappa shape index (κ1) is 26.9. The smallest absolute Gasteiger partial charge is 0.382 e. The number of anilines is 3. The Morgan fingerprint density at radius 3 is 2.45 bits per heavy atom. The third-order valence-electron chi connectivity index (χ3n) is 6.84. The largest absolute Gasteiger partial charge is 0.433 e. The monoisotopic (exact) mass is 553 g/mol. The maximum absolute atomic E-state index is 13.5. The summed E-state index contributed by atoms with van der Waals surface area (Å²) >= 11 is 0. The average molecular weight is 554 g/mol. The summed E-state index contributed by atoms with van der Waals surface area (Å²) in [7, 11) is 0. The lowest BCUT2D eigenvalue weighted by molar-refractivity contribution is -0.141. The number of nitrogens with two attached hydrogens (primary N) is 2. The number of rotatable bonds is 6. The standard InChI is InChI=1S/C26H26F3N9O2/c1-15(36-11-2-3-12-36)38(25(40)35-20-6-4-5-19(34-20)26(27,28)29)17-9-7-16(8-10-17)21-18(24(31)39)13-37-22(21)23(30)32-14-33-37/h4-10,13-15H,2-3,11-12H2,1H3,(H2,31,39)(H2,30,32,33)(H,34,35,40). The van der Waals surface area contributed by atoms with Gasteiger partial charge in [-0.25, -0.2) is 19.3 Å². The first-order valence-electron chi connectivity index (χ1n) is 12.4. The Morgan fingerprint density at radius 1 is 1.10 bits per heavy atom. The van der Waals surface area contributed by atoms with Crippen LogP contribution in [0.1, 0.15) is 35.8 Å². The van der Waals surface area contributed by atoms with Crippen LogP contribution in [0.3, 0.4) is 0 Å². The second kappa shape index (κ2) is 10.4. The number of hydrogen-bond acceptors (Lipinski definition) is 7. The molecule has 1 unspecified atom stereocenters. The number of halogens is 3. The molecule has 1 aliphatic rings. The molecule has 208 valence electrons. The fourth-order valence-corrected chi connectivity index (χ4v) is 4.92. The third kappa shape index (κ3) is 5.12. The number of benzene rings is 1. The number of aromatic nitrogens is 4. The zero-order valence-corrected chi connectivity index (χ0v) is 21.4. The molecule has 1 saturated heterocycles. The van der Waals surface area contributed by atoms with Gasteiger partial charge in [0.25, 0.3) is 5.91 Å². The zero-order valence-electron chi connectivity index (χ0n) is 21.4. The minimum absolute atomic E-state index is 0.152. The number of likely N-dealkylation sites (tertiary alicyclic amines) is 1. The molecule has 0 radical (unpaired) electrons. The van der Waals surface area contributed by atoms with Gasteiger partial charge in [-0.1, -0.05) is 18.2 Å². The number of primary amides is 1. The van der Waals surface area contributed by atoms with Crippen molar-refractivity contribution in [1.29, 1.82) is 0 Å². The number of carbonyl (C=O) groups is 2. The van der Waals surface area contributed by atoms with E-state index in [2.05, 4.69) is 25.3 Å². The van der Waals surface area contributed by atoms with Gasteiger partial charge in [-0.3, -0.25) is 19.9 Å². The van der Waals surface area contributed by atoms with E-state index in [-0.39, 0.29) is 17.2 Å². The quantitative estimate of drug-likeness (QED) is 0.327. The summed E-state index contributed by atoms with van der Waals surface area (Å²) < 4.78 is 41.0. The van der Waals surface area contributed by atoms with Gasteiger partial charge in [0, 0.05) is 30.5 Å². The van der Waals surface area contributed by atoms with Crippen LogP contribution >= 0.6 is 0 Å². The van der Waals surface area contributed by atoms with Crippen molar-refractivity contribution in [2.45, 2.75) is 32.1 Å². The first-order chi connectivity index (χ1) is 19.0. The van der Waals surface area contributed by atoms with E-state index in [0.717, 1.165) is 32.0 Å². The summed E-state index contributed by atoms with van der Waals surface area (Å²) in [5, 5.41) is 6.61. The lowest BCUT2D eigenvalue weighted by Gasteiger charge is -2.35. The number of carbonyl (C=O) groups excluding carboxylic acids is 2. The molecule has 0 spiro atoms. The maximum atomic E-state index is 13.5. The van der Waals surface area contributed by atoms with Gasteiger partial charge in [0.2, 0.25) is 0 Å². The molecule has 1 fully saturated rings. The molecule has 14 heteroatoms. The minimum atomic E-state index is -4.65. The summed E-state index contributed by atoms with van der Waals surface area (Å²) in [6.45, 7) is 3.38. The Morgan fingerprint density at radius 2 is 1.80 bits per heavy atom. The van der Waals surface area contributed by atoms with Crippen LogP contribution < -0.4 is 21.7 Å². The molecule has 1 aliphatic heterocycles. The fourth-order valence-electron chi connectivity index (χ4n) is 4.92. The first-order valence-corrected chi connectivity index (χ1v) is 12.4. The highest BCUT2D eigenvalue weighted by molar-refractivity contribution is 6.07. The summed E-state index contributed by atoms with van der Waals surface area (Å²) in [5.41, 5.74) is 12.7. The number of alkyl halides is 3. The van der Waals surface area contributed by atoms with Crippen molar-refractivity contribution in [2.75, 3.05) is 29.0 Å². The molecule has 4 heterocycles. The molecular formula is C26H26F3N9O2. The van der Waals surface area contributed by atoms with Crippen LogP contribution in [0.4, 0.5) is 35.3 Å². The van der Waals surface area contributed by atoms with Gasteiger partial charge in [0.15, 0.2) is 5.82 Å². The predicted molar refractivity (Wildman–Crippen MR) is 142 cm³/mol. The van der Waals surface area contributed by atoms with Crippen molar-refractivity contribution >= 4 is 34.8 Å². The van der Waals surface area contributed by atoms with Crippen molar-refractivity contribution in [1.82, 2.24) is 24.5 Å². The third-order valence-corrected chi connectivity index (χ3v) is 6.84. The predicted octanol–water partition coefficient (Wildman–Crippen LogP) is 3.97. The second-order valence-corrected chi connectivity index (χ2v) is 9.35. The lowest BCUT2D eigenvalue weighted by atomic mass is 10.0. The Balaban J connectivity index is 1.52. The van der Waals surface area contributed by atoms with Crippen molar-refractivity contribution in [3.05, 3.63) is 66.2 Å². The number of pyridine rings is 1. The normalized spacial score (nSPS) is 14.8. The van der Waals surface area contributed by atoms with Crippen molar-refractivity contribution in [3.8, 4) is 11.1 Å². The molecule has 1 aromatic carbocycles. The van der Waals surface area contributed by atoms with E-state index in [1.54, 1.807) is 24.3 Å². The molecule has 0 bridgehead atoms. The Hall–Kier alpha value is -4.72. The Bertz CT molecular complexity index is 1560. The molecule has 3 amide bonds. The van der Waals surface area contributed by atoms with E-state index in [1.165, 1.54) is 34.1 Å². The van der Waals surface area contributed by atoms with Crippen LogP contribution in [0.25, 0.3) is 16.6 Å². The number of nitrogen functional groups attached to an aromatic ring is 1. The van der Waals surface area contributed by atoms with Gasteiger partial charge in [-0.05, 0) is 49.6 Å². The van der Waals surface area contributed by atoms with Gasteiger partial charge in [-0.2, -0.15) is 18.3 Å². The van der Waals surface area contributed by atoms with Crippen LogP contribution in [0.5, 0.6) is 0 Å². The molecule has 11 nitrogen and oxygen atoms in total. The van der Waals surface area contributed by atoms with Gasteiger partial charge in [0.05, 0.1) is 11.7 Å². The van der Waals surface area contributed by atoms with Gasteiger partial charge in [-0.15, -0.1) is 0 Å². The van der Waals surface area contributed by atoms with Crippen LogP contribution in [0, 0.1) is 0 Å². The molecule has 0 aliphatic carbocycles. The summed E-state index contributed by atoms with van der Waals surface area (Å²) in [6.07, 6.45) is -0.407. The van der Waals surface area contributed by atoms with Crippen molar-refractivity contribution in [2.24, 2.45) is 5.73 Å². The Kier molecular flexibility index (Phi) is 7.02. The SMILES string of the molecule is CC(N1CCCC1)N(C(=O)Nc1cccc(C(F)(F)F)n1)c1ccc(-c2c(C(N)=O)cn3ncnc(N)c23)cc1. The van der Waals surface area contributed by atoms with E-state index >= 15 is 0 Å². The van der Waals surface area contributed by atoms with Crippen LogP contribution in [0.15, 0.2) is 55.0 Å². The Labute approximate surface area is 226 Å². The highest BCUT2D eigenvalue weighted by Crippen LogP contribution is 2.34. The van der Waals surface area contributed by atoms with E-state index in [0.29, 0.717) is 22.3 Å². The number of fused-ring (bicyclic) bond motifs is 1.